The summed E-state index contributed by atoms with van der Waals surface area (Å²) in [5, 5.41) is 0. The van der Waals surface area contributed by atoms with Gasteiger partial charge in [-0.05, 0) is 26.7 Å². The van der Waals surface area contributed by atoms with Crippen molar-refractivity contribution in [3.63, 3.8) is 0 Å². The number of hydrogen-bond donors (Lipinski definition) is 0. The summed E-state index contributed by atoms with van der Waals surface area (Å²) in [7, 11) is 0. The van der Waals surface area contributed by atoms with Crippen molar-refractivity contribution in [3.05, 3.63) is 36.0 Å². The highest BCUT2D eigenvalue weighted by Crippen LogP contribution is 2.05. The molecule has 0 heteroatoms. The summed E-state index contributed by atoms with van der Waals surface area (Å²) in [5.74, 6) is 0.525. The van der Waals surface area contributed by atoms with E-state index in [0.717, 1.165) is 5.57 Å². The van der Waals surface area contributed by atoms with Crippen molar-refractivity contribution in [2.45, 2.75) is 27.7 Å². The third-order valence-electron chi connectivity index (χ3n) is 1.28. The van der Waals surface area contributed by atoms with E-state index >= 15 is 0 Å². The van der Waals surface area contributed by atoms with Gasteiger partial charge in [0.05, 0.1) is 0 Å². The molecule has 0 fully saturated rings. The van der Waals surface area contributed by atoms with Crippen LogP contribution in [0.15, 0.2) is 36.0 Å². The lowest BCUT2D eigenvalue weighted by Crippen LogP contribution is -1.83. The van der Waals surface area contributed by atoms with E-state index in [1.165, 1.54) is 5.57 Å². The minimum absolute atomic E-state index is 0.525. The molecule has 0 saturated heterocycles. The largest absolute Gasteiger partial charge is 0.0961 e. The van der Waals surface area contributed by atoms with Crippen molar-refractivity contribution in [1.82, 2.24) is 0 Å². The van der Waals surface area contributed by atoms with Crippen LogP contribution in [0.25, 0.3) is 0 Å². The van der Waals surface area contributed by atoms with Gasteiger partial charge in [0.2, 0.25) is 0 Å². The highest BCUT2D eigenvalue weighted by molar-refractivity contribution is 5.14. The van der Waals surface area contributed by atoms with E-state index < -0.39 is 0 Å². The fourth-order valence-corrected chi connectivity index (χ4v) is 0.897. The van der Waals surface area contributed by atoms with Gasteiger partial charge in [-0.1, -0.05) is 42.9 Å². The smallest absolute Gasteiger partial charge is 0.00762 e. The van der Waals surface area contributed by atoms with Crippen LogP contribution in [-0.4, -0.2) is 0 Å². The summed E-state index contributed by atoms with van der Waals surface area (Å²) in [6.45, 7) is 12.2. The van der Waals surface area contributed by atoms with Crippen molar-refractivity contribution in [3.8, 4) is 0 Å². The van der Waals surface area contributed by atoms with E-state index in [2.05, 4.69) is 45.6 Å². The SMILES string of the molecule is C=C(C)/C=C\C(C)C=C(C)C. The normalized spacial score (nSPS) is 13.1. The van der Waals surface area contributed by atoms with Gasteiger partial charge in [-0.15, -0.1) is 0 Å². The molecule has 0 aromatic rings. The molecule has 0 radical (unpaired) electrons. The Morgan fingerprint density at radius 3 is 2.18 bits per heavy atom. The van der Waals surface area contributed by atoms with Crippen LogP contribution in [0.3, 0.4) is 0 Å². The minimum Gasteiger partial charge on any atom is -0.0961 e. The Morgan fingerprint density at radius 2 is 1.82 bits per heavy atom. The minimum atomic E-state index is 0.525. The maximum Gasteiger partial charge on any atom is -0.00762 e. The van der Waals surface area contributed by atoms with Gasteiger partial charge in [0.1, 0.15) is 0 Å². The summed E-state index contributed by atoms with van der Waals surface area (Å²) in [4.78, 5) is 0. The van der Waals surface area contributed by atoms with E-state index in [-0.39, 0.29) is 0 Å². The Morgan fingerprint density at radius 1 is 1.27 bits per heavy atom. The van der Waals surface area contributed by atoms with Gasteiger partial charge in [-0.25, -0.2) is 0 Å². The van der Waals surface area contributed by atoms with Gasteiger partial charge < -0.3 is 0 Å². The molecule has 0 heterocycles. The predicted octanol–water partition coefficient (Wildman–Crippen LogP) is 3.72. The molecule has 62 valence electrons. The molecule has 0 spiro atoms. The quantitative estimate of drug-likeness (QED) is 0.425. The Balaban J connectivity index is 3.97. The molecule has 0 nitrogen and oxygen atoms in total. The molecule has 0 amide bonds. The maximum absolute atomic E-state index is 3.80. The Bertz CT molecular complexity index is 178. The predicted molar refractivity (Wildman–Crippen MR) is 52.5 cm³/mol. The molecule has 0 aliphatic rings. The van der Waals surface area contributed by atoms with E-state index in [0.29, 0.717) is 5.92 Å². The zero-order chi connectivity index (χ0) is 8.85. The molecule has 0 aromatic carbocycles. The van der Waals surface area contributed by atoms with Crippen LogP contribution in [0.2, 0.25) is 0 Å². The van der Waals surface area contributed by atoms with Gasteiger partial charge >= 0.3 is 0 Å². The second-order valence-corrected chi connectivity index (χ2v) is 3.31. The van der Waals surface area contributed by atoms with E-state index in [1.54, 1.807) is 0 Å². The first-order valence-electron chi connectivity index (χ1n) is 4.01. The van der Waals surface area contributed by atoms with Gasteiger partial charge in [-0.2, -0.15) is 0 Å². The average molecular weight is 150 g/mol. The number of hydrogen-bond acceptors (Lipinski definition) is 0. The van der Waals surface area contributed by atoms with Crippen LogP contribution in [0.5, 0.6) is 0 Å². The van der Waals surface area contributed by atoms with Crippen LogP contribution >= 0.6 is 0 Å². The van der Waals surface area contributed by atoms with E-state index in [4.69, 9.17) is 0 Å². The van der Waals surface area contributed by atoms with Crippen molar-refractivity contribution < 1.29 is 0 Å². The molecule has 11 heavy (non-hydrogen) atoms. The Labute approximate surface area is 70.3 Å². The lowest BCUT2D eigenvalue weighted by Gasteiger charge is -1.98. The van der Waals surface area contributed by atoms with Gasteiger partial charge in [0.15, 0.2) is 0 Å². The molecule has 0 bridgehead atoms. The summed E-state index contributed by atoms with van der Waals surface area (Å²) in [6.07, 6.45) is 6.46. The zero-order valence-electron chi connectivity index (χ0n) is 8.02. The number of allylic oxidation sites excluding steroid dienone is 5. The average Bonchev–Trinajstić information content (AvgIpc) is 1.82. The molecule has 0 aliphatic carbocycles. The first kappa shape index (κ1) is 10.2. The Hall–Kier alpha value is -0.780. The second kappa shape index (κ2) is 4.95. The molecule has 1 atom stereocenters. The molecule has 0 saturated carbocycles. The third kappa shape index (κ3) is 7.11. The summed E-state index contributed by atoms with van der Waals surface area (Å²) >= 11 is 0. The molecule has 0 rings (SSSR count). The van der Waals surface area contributed by atoms with Crippen molar-refractivity contribution >= 4 is 0 Å². The maximum atomic E-state index is 3.80. The standard InChI is InChI=1S/C11H18/c1-9(2)6-7-11(5)8-10(3)4/h6-8,11H,1H2,2-5H3/b7-6-. The van der Waals surface area contributed by atoms with Crippen LogP contribution in [0.1, 0.15) is 27.7 Å². The first-order valence-corrected chi connectivity index (χ1v) is 4.01. The van der Waals surface area contributed by atoms with Gasteiger partial charge in [0, 0.05) is 0 Å². The fraction of sp³-hybridized carbons (Fsp3) is 0.455. The molecular weight excluding hydrogens is 132 g/mol. The van der Waals surface area contributed by atoms with Crippen LogP contribution < -0.4 is 0 Å². The Kier molecular flexibility index (Phi) is 4.60. The van der Waals surface area contributed by atoms with Gasteiger partial charge in [0.25, 0.3) is 0 Å². The van der Waals surface area contributed by atoms with Crippen molar-refractivity contribution in [2.75, 3.05) is 0 Å². The van der Waals surface area contributed by atoms with Crippen molar-refractivity contribution in [2.24, 2.45) is 5.92 Å². The molecule has 0 N–H and O–H groups in total. The monoisotopic (exact) mass is 150 g/mol. The lowest BCUT2D eigenvalue weighted by atomic mass is 10.1. The first-order chi connectivity index (χ1) is 5.02. The molecule has 1 unspecified atom stereocenters. The second-order valence-electron chi connectivity index (χ2n) is 3.31. The topological polar surface area (TPSA) is 0 Å². The zero-order valence-corrected chi connectivity index (χ0v) is 8.02. The van der Waals surface area contributed by atoms with Crippen LogP contribution in [0, 0.1) is 5.92 Å². The van der Waals surface area contributed by atoms with E-state index in [1.807, 2.05) is 6.92 Å². The molecule has 0 aliphatic heterocycles. The molecule has 0 aromatic heterocycles. The lowest BCUT2D eigenvalue weighted by molar-refractivity contribution is 0.923. The summed E-state index contributed by atoms with van der Waals surface area (Å²) in [6, 6.07) is 0. The van der Waals surface area contributed by atoms with Crippen molar-refractivity contribution in [1.29, 1.82) is 0 Å². The van der Waals surface area contributed by atoms with E-state index in [9.17, 15) is 0 Å². The summed E-state index contributed by atoms with van der Waals surface area (Å²) in [5.41, 5.74) is 2.47. The van der Waals surface area contributed by atoms with Crippen LogP contribution in [0.4, 0.5) is 0 Å². The van der Waals surface area contributed by atoms with Crippen LogP contribution in [-0.2, 0) is 0 Å². The van der Waals surface area contributed by atoms with Gasteiger partial charge in [-0.3, -0.25) is 0 Å². The highest BCUT2D eigenvalue weighted by atomic mass is 13.9. The third-order valence-corrected chi connectivity index (χ3v) is 1.28. The highest BCUT2D eigenvalue weighted by Gasteiger charge is 1.89. The summed E-state index contributed by atoms with van der Waals surface area (Å²) < 4.78 is 0. The molecular formula is C11H18. The fourth-order valence-electron chi connectivity index (χ4n) is 0.897. The number of rotatable bonds is 3.